The number of aromatic nitrogens is 3. The third kappa shape index (κ3) is 3.50. The van der Waals surface area contributed by atoms with Gasteiger partial charge in [0.1, 0.15) is 17.3 Å². The van der Waals surface area contributed by atoms with Crippen molar-refractivity contribution in [3.05, 3.63) is 102 Å². The van der Waals surface area contributed by atoms with E-state index in [9.17, 15) is 9.50 Å². The number of nitrogens with zero attached hydrogens (tertiary/aromatic N) is 3. The molecule has 3 aromatic heterocycles. The normalized spacial score (nSPS) is 11.3. The van der Waals surface area contributed by atoms with E-state index in [0.29, 0.717) is 46.9 Å². The maximum absolute atomic E-state index is 13.7. The quantitative estimate of drug-likeness (QED) is 0.410. The number of imidazole rings is 1. The van der Waals surface area contributed by atoms with Crippen LogP contribution >= 0.6 is 0 Å². The highest BCUT2D eigenvalue weighted by Crippen LogP contribution is 2.31. The number of aromatic hydroxyl groups is 1. The minimum Gasteiger partial charge on any atom is -0.493 e. The van der Waals surface area contributed by atoms with Gasteiger partial charge in [-0.15, -0.1) is 0 Å². The molecule has 0 aliphatic carbocycles. The number of fused-ring (bicyclic) bond motifs is 1. The third-order valence-electron chi connectivity index (χ3n) is 5.19. The highest BCUT2D eigenvalue weighted by atomic mass is 19.1. The molecule has 0 aliphatic heterocycles. The first-order valence-corrected chi connectivity index (χ1v) is 9.80. The molecule has 31 heavy (non-hydrogen) atoms. The van der Waals surface area contributed by atoms with Crippen molar-refractivity contribution in [1.29, 1.82) is 0 Å². The van der Waals surface area contributed by atoms with Crippen molar-refractivity contribution < 1.29 is 13.9 Å². The summed E-state index contributed by atoms with van der Waals surface area (Å²) in [5.74, 6) is 0.173. The van der Waals surface area contributed by atoms with Crippen LogP contribution in [0.4, 0.5) is 10.1 Å². The average Bonchev–Trinajstić information content (AvgIpc) is 3.40. The molecule has 0 spiro atoms. The molecule has 0 saturated carbocycles. The van der Waals surface area contributed by atoms with Gasteiger partial charge in [0.05, 0.1) is 36.0 Å². The molecule has 7 heteroatoms. The number of nitrogens with two attached hydrogens (primary N) is 1. The Bertz CT molecular complexity index is 1360. The highest BCUT2D eigenvalue weighted by Gasteiger charge is 2.20. The smallest absolute Gasteiger partial charge is 0.220 e. The van der Waals surface area contributed by atoms with E-state index in [1.807, 2.05) is 36.4 Å². The van der Waals surface area contributed by atoms with Crippen molar-refractivity contribution in [2.45, 2.75) is 12.8 Å². The second-order valence-corrected chi connectivity index (χ2v) is 7.29. The Morgan fingerprint density at radius 3 is 2.58 bits per heavy atom. The van der Waals surface area contributed by atoms with Gasteiger partial charge in [0, 0.05) is 12.0 Å². The van der Waals surface area contributed by atoms with Crippen molar-refractivity contribution in [1.82, 2.24) is 14.4 Å². The van der Waals surface area contributed by atoms with Crippen molar-refractivity contribution >= 4 is 11.3 Å². The first-order valence-electron chi connectivity index (χ1n) is 9.80. The molecular weight excluding hydrogens is 395 g/mol. The molecule has 5 aromatic rings. The van der Waals surface area contributed by atoms with Crippen LogP contribution in [0.25, 0.3) is 16.9 Å². The topological polar surface area (TPSA) is 89.6 Å². The van der Waals surface area contributed by atoms with Gasteiger partial charge in [-0.3, -0.25) is 9.38 Å². The summed E-state index contributed by atoms with van der Waals surface area (Å²) in [5.41, 5.74) is 9.77. The monoisotopic (exact) mass is 414 g/mol. The Balaban J connectivity index is 1.69. The molecule has 3 N–H and O–H groups in total. The minimum absolute atomic E-state index is 0.0130. The molecule has 0 amide bonds. The molecular formula is C24H19FN4O2. The van der Waals surface area contributed by atoms with Gasteiger partial charge >= 0.3 is 0 Å². The van der Waals surface area contributed by atoms with Crippen LogP contribution in [0, 0.1) is 5.82 Å². The van der Waals surface area contributed by atoms with Gasteiger partial charge in [0.15, 0.2) is 5.65 Å². The van der Waals surface area contributed by atoms with Crippen molar-refractivity contribution in [3.8, 4) is 17.1 Å². The standard InChI is InChI=1S/C24H19FN4O2/c25-18-9-8-16(12-19(18)26)22-14-27-20(11-15-5-2-1-3-6-15)23-28-21(24(30)29(22)23)13-17-7-4-10-31-17/h1-10,12,14,30H,11,13,26H2. The van der Waals surface area contributed by atoms with Gasteiger partial charge in [-0.2, -0.15) is 0 Å². The highest BCUT2D eigenvalue weighted by molar-refractivity contribution is 5.69. The number of benzene rings is 2. The van der Waals surface area contributed by atoms with Crippen LogP contribution in [0.1, 0.15) is 22.7 Å². The minimum atomic E-state index is -0.498. The van der Waals surface area contributed by atoms with E-state index in [0.717, 1.165) is 5.56 Å². The lowest BCUT2D eigenvalue weighted by Gasteiger charge is -2.10. The van der Waals surface area contributed by atoms with Crippen molar-refractivity contribution in [3.63, 3.8) is 0 Å². The first kappa shape index (κ1) is 18.9. The largest absolute Gasteiger partial charge is 0.493 e. The van der Waals surface area contributed by atoms with Crippen LogP contribution in [0.2, 0.25) is 0 Å². The fraction of sp³-hybridized carbons (Fsp3) is 0.0833. The summed E-state index contributed by atoms with van der Waals surface area (Å²) < 4.78 is 20.8. The summed E-state index contributed by atoms with van der Waals surface area (Å²) in [6.45, 7) is 0. The van der Waals surface area contributed by atoms with E-state index in [1.54, 1.807) is 29.0 Å². The molecule has 3 heterocycles. The molecule has 0 saturated heterocycles. The molecule has 2 aromatic carbocycles. The molecule has 154 valence electrons. The van der Waals surface area contributed by atoms with Crippen LogP contribution < -0.4 is 5.73 Å². The lowest BCUT2D eigenvalue weighted by molar-refractivity contribution is 0.439. The van der Waals surface area contributed by atoms with Crippen LogP contribution in [0.15, 0.2) is 77.5 Å². The van der Waals surface area contributed by atoms with Gasteiger partial charge in [0.2, 0.25) is 5.88 Å². The van der Waals surface area contributed by atoms with E-state index < -0.39 is 5.82 Å². The Morgan fingerprint density at radius 1 is 1.00 bits per heavy atom. The Kier molecular flexibility index (Phi) is 4.63. The van der Waals surface area contributed by atoms with Gasteiger partial charge in [-0.1, -0.05) is 30.3 Å². The molecule has 0 fully saturated rings. The number of nitrogen functional groups attached to an aromatic ring is 1. The maximum atomic E-state index is 13.7. The predicted molar refractivity (Wildman–Crippen MR) is 115 cm³/mol. The zero-order valence-corrected chi connectivity index (χ0v) is 16.5. The fourth-order valence-electron chi connectivity index (χ4n) is 3.65. The number of rotatable bonds is 5. The van der Waals surface area contributed by atoms with E-state index in [2.05, 4.69) is 4.98 Å². The van der Waals surface area contributed by atoms with Crippen LogP contribution in [0.5, 0.6) is 5.88 Å². The Morgan fingerprint density at radius 2 is 1.84 bits per heavy atom. The number of hydrogen-bond donors (Lipinski definition) is 2. The lowest BCUT2D eigenvalue weighted by Crippen LogP contribution is -2.02. The third-order valence-corrected chi connectivity index (χ3v) is 5.19. The van der Waals surface area contributed by atoms with E-state index in [4.69, 9.17) is 15.1 Å². The Hall–Kier alpha value is -4.13. The molecule has 0 unspecified atom stereocenters. The molecule has 0 atom stereocenters. The van der Waals surface area contributed by atoms with E-state index in [1.165, 1.54) is 12.1 Å². The Labute approximate surface area is 177 Å². The number of furan rings is 1. The van der Waals surface area contributed by atoms with Crippen LogP contribution in [0.3, 0.4) is 0 Å². The average molecular weight is 414 g/mol. The SMILES string of the molecule is Nc1cc(-c2cnc(Cc3ccccc3)c3nc(Cc4ccco4)c(O)n23)ccc1F. The van der Waals surface area contributed by atoms with Crippen molar-refractivity contribution in [2.75, 3.05) is 5.73 Å². The molecule has 5 rings (SSSR count). The van der Waals surface area contributed by atoms with Crippen molar-refractivity contribution in [2.24, 2.45) is 0 Å². The zero-order valence-electron chi connectivity index (χ0n) is 16.5. The number of halogens is 1. The summed E-state index contributed by atoms with van der Waals surface area (Å²) in [4.78, 5) is 9.32. The molecule has 0 aliphatic rings. The van der Waals surface area contributed by atoms with Crippen LogP contribution in [-0.4, -0.2) is 19.5 Å². The van der Waals surface area contributed by atoms with Gasteiger partial charge < -0.3 is 15.3 Å². The molecule has 6 nitrogen and oxygen atoms in total. The molecule has 0 radical (unpaired) electrons. The summed E-state index contributed by atoms with van der Waals surface area (Å²) >= 11 is 0. The summed E-state index contributed by atoms with van der Waals surface area (Å²) in [5, 5.41) is 11.1. The fourth-order valence-corrected chi connectivity index (χ4v) is 3.65. The lowest BCUT2D eigenvalue weighted by atomic mass is 10.1. The van der Waals surface area contributed by atoms with Gasteiger partial charge in [-0.25, -0.2) is 9.37 Å². The van der Waals surface area contributed by atoms with Gasteiger partial charge in [-0.05, 0) is 35.9 Å². The zero-order chi connectivity index (χ0) is 21.4. The predicted octanol–water partition coefficient (Wildman–Crippen LogP) is 4.60. The first-order chi connectivity index (χ1) is 15.1. The van der Waals surface area contributed by atoms with E-state index in [-0.39, 0.29) is 11.6 Å². The molecule has 0 bridgehead atoms. The van der Waals surface area contributed by atoms with Crippen LogP contribution in [-0.2, 0) is 12.8 Å². The second kappa shape index (κ2) is 7.60. The second-order valence-electron chi connectivity index (χ2n) is 7.29. The van der Waals surface area contributed by atoms with E-state index >= 15 is 0 Å². The summed E-state index contributed by atoms with van der Waals surface area (Å²) in [6, 6.07) is 18.0. The summed E-state index contributed by atoms with van der Waals surface area (Å²) in [7, 11) is 0. The summed E-state index contributed by atoms with van der Waals surface area (Å²) in [6.07, 6.45) is 4.11. The maximum Gasteiger partial charge on any atom is 0.220 e. The van der Waals surface area contributed by atoms with Gasteiger partial charge in [0.25, 0.3) is 0 Å². The number of hydrogen-bond acceptors (Lipinski definition) is 5. The number of anilines is 1.